The standard InChI is InChI=1S/C21H25N3O6/c1-3-29-21(28)14-8-10-24(11-9-14)20(27)13(2)30-18(25)12-17-15-6-4-5-7-16(15)19(26)23-22-17/h4-7,13-14H,3,8-12H2,1-2H3,(H,23,26)/t13-/m0/s1. The van der Waals surface area contributed by atoms with Crippen LogP contribution in [0.3, 0.4) is 0 Å². The van der Waals surface area contributed by atoms with Gasteiger partial charge in [-0.15, -0.1) is 0 Å². The zero-order chi connectivity index (χ0) is 21.7. The number of H-pyrrole nitrogens is 1. The van der Waals surface area contributed by atoms with Crippen molar-refractivity contribution in [3.05, 3.63) is 40.3 Å². The number of carbonyl (C=O) groups excluding carboxylic acids is 3. The van der Waals surface area contributed by atoms with Crippen molar-refractivity contribution in [1.82, 2.24) is 15.1 Å². The number of piperidine rings is 1. The summed E-state index contributed by atoms with van der Waals surface area (Å²) < 4.78 is 10.3. The number of carbonyl (C=O) groups is 3. The Morgan fingerprint density at radius 2 is 1.87 bits per heavy atom. The number of benzene rings is 1. The second-order valence-corrected chi connectivity index (χ2v) is 7.21. The summed E-state index contributed by atoms with van der Waals surface area (Å²) in [6.45, 7) is 4.45. The van der Waals surface area contributed by atoms with E-state index in [1.165, 1.54) is 6.92 Å². The van der Waals surface area contributed by atoms with Crippen molar-refractivity contribution in [3.63, 3.8) is 0 Å². The lowest BCUT2D eigenvalue weighted by Gasteiger charge is -2.32. The van der Waals surface area contributed by atoms with Crippen molar-refractivity contribution >= 4 is 28.6 Å². The number of rotatable bonds is 6. The van der Waals surface area contributed by atoms with Crippen molar-refractivity contribution in [3.8, 4) is 0 Å². The Morgan fingerprint density at radius 1 is 1.20 bits per heavy atom. The summed E-state index contributed by atoms with van der Waals surface area (Å²) in [4.78, 5) is 50.2. The van der Waals surface area contributed by atoms with E-state index in [1.807, 2.05) is 0 Å². The number of hydrogen-bond acceptors (Lipinski definition) is 7. The van der Waals surface area contributed by atoms with Gasteiger partial charge in [-0.3, -0.25) is 19.2 Å². The Kier molecular flexibility index (Phi) is 6.81. The van der Waals surface area contributed by atoms with Crippen LogP contribution in [0, 0.1) is 5.92 Å². The third kappa shape index (κ3) is 4.84. The lowest BCUT2D eigenvalue weighted by molar-refractivity contribution is -0.160. The average molecular weight is 415 g/mol. The molecule has 1 aromatic carbocycles. The molecule has 1 atom stereocenters. The first-order valence-electron chi connectivity index (χ1n) is 10.0. The smallest absolute Gasteiger partial charge is 0.312 e. The molecule has 1 N–H and O–H groups in total. The van der Waals surface area contributed by atoms with Crippen LogP contribution in [0.4, 0.5) is 0 Å². The first kappa shape index (κ1) is 21.5. The normalized spacial score (nSPS) is 15.6. The summed E-state index contributed by atoms with van der Waals surface area (Å²) in [7, 11) is 0. The van der Waals surface area contributed by atoms with Gasteiger partial charge in [0.1, 0.15) is 0 Å². The Bertz CT molecular complexity index is 994. The monoisotopic (exact) mass is 415 g/mol. The highest BCUT2D eigenvalue weighted by Gasteiger charge is 2.31. The van der Waals surface area contributed by atoms with E-state index in [0.29, 0.717) is 49.0 Å². The summed E-state index contributed by atoms with van der Waals surface area (Å²) in [5.41, 5.74) is 0.0441. The molecule has 1 aliphatic heterocycles. The SMILES string of the molecule is CCOC(=O)C1CCN(C(=O)[C@H](C)OC(=O)Cc2n[nH]c(=O)c3ccccc23)CC1. The maximum atomic E-state index is 12.6. The molecule has 0 bridgehead atoms. The number of hydrogen-bond donors (Lipinski definition) is 1. The first-order chi connectivity index (χ1) is 14.4. The molecule has 30 heavy (non-hydrogen) atoms. The van der Waals surface area contributed by atoms with E-state index in [-0.39, 0.29) is 29.8 Å². The highest BCUT2D eigenvalue weighted by Crippen LogP contribution is 2.20. The lowest BCUT2D eigenvalue weighted by Crippen LogP contribution is -2.45. The van der Waals surface area contributed by atoms with Crippen LogP contribution in [0.25, 0.3) is 10.8 Å². The van der Waals surface area contributed by atoms with Crippen LogP contribution in [0.2, 0.25) is 0 Å². The van der Waals surface area contributed by atoms with Gasteiger partial charge in [-0.1, -0.05) is 18.2 Å². The minimum absolute atomic E-state index is 0.167. The van der Waals surface area contributed by atoms with Gasteiger partial charge in [0.05, 0.1) is 30.0 Å². The second-order valence-electron chi connectivity index (χ2n) is 7.21. The summed E-state index contributed by atoms with van der Waals surface area (Å²) in [6, 6.07) is 6.84. The zero-order valence-corrected chi connectivity index (χ0v) is 17.1. The number of ether oxygens (including phenoxy) is 2. The van der Waals surface area contributed by atoms with Gasteiger partial charge in [0.2, 0.25) is 0 Å². The quantitative estimate of drug-likeness (QED) is 0.704. The van der Waals surface area contributed by atoms with Crippen LogP contribution >= 0.6 is 0 Å². The number of fused-ring (bicyclic) bond motifs is 1. The summed E-state index contributed by atoms with van der Waals surface area (Å²) in [5.74, 6) is -1.34. The molecular formula is C21H25N3O6. The van der Waals surface area contributed by atoms with Crippen molar-refractivity contribution in [2.24, 2.45) is 5.92 Å². The van der Waals surface area contributed by atoms with Crippen LogP contribution in [-0.2, 0) is 30.3 Å². The summed E-state index contributed by atoms with van der Waals surface area (Å²) in [6.07, 6.45) is -0.0673. The molecule has 2 heterocycles. The van der Waals surface area contributed by atoms with Crippen molar-refractivity contribution < 1.29 is 23.9 Å². The van der Waals surface area contributed by atoms with E-state index in [4.69, 9.17) is 9.47 Å². The van der Waals surface area contributed by atoms with E-state index in [2.05, 4.69) is 10.2 Å². The molecule has 9 nitrogen and oxygen atoms in total. The fraction of sp³-hybridized carbons (Fsp3) is 0.476. The molecule has 9 heteroatoms. The first-order valence-corrected chi connectivity index (χ1v) is 10.0. The van der Waals surface area contributed by atoms with Gasteiger partial charge >= 0.3 is 11.9 Å². The van der Waals surface area contributed by atoms with Gasteiger partial charge in [0.15, 0.2) is 6.10 Å². The molecule has 1 saturated heterocycles. The number of amides is 1. The molecule has 1 fully saturated rings. The van der Waals surface area contributed by atoms with Crippen LogP contribution in [-0.4, -0.2) is 58.7 Å². The number of likely N-dealkylation sites (tertiary alicyclic amines) is 1. The summed E-state index contributed by atoms with van der Waals surface area (Å²) >= 11 is 0. The molecule has 0 unspecified atom stereocenters. The Morgan fingerprint density at radius 3 is 2.53 bits per heavy atom. The highest BCUT2D eigenvalue weighted by molar-refractivity contribution is 5.88. The summed E-state index contributed by atoms with van der Waals surface area (Å²) in [5, 5.41) is 7.32. The zero-order valence-electron chi connectivity index (χ0n) is 17.1. The molecule has 1 amide bonds. The van der Waals surface area contributed by atoms with Gasteiger partial charge in [-0.2, -0.15) is 5.10 Å². The van der Waals surface area contributed by atoms with Gasteiger partial charge in [0.25, 0.3) is 11.5 Å². The largest absolute Gasteiger partial charge is 0.466 e. The van der Waals surface area contributed by atoms with Crippen LogP contribution in [0.5, 0.6) is 0 Å². The molecule has 1 aliphatic rings. The number of nitrogens with zero attached hydrogens (tertiary/aromatic N) is 2. The molecule has 0 saturated carbocycles. The molecule has 1 aromatic heterocycles. The molecule has 2 aromatic rings. The fourth-order valence-corrected chi connectivity index (χ4v) is 3.58. The van der Waals surface area contributed by atoms with Crippen molar-refractivity contribution in [2.75, 3.05) is 19.7 Å². The molecule has 3 rings (SSSR count). The molecule has 0 spiro atoms. The molecule has 160 valence electrons. The van der Waals surface area contributed by atoms with Crippen molar-refractivity contribution in [1.29, 1.82) is 0 Å². The van der Waals surface area contributed by atoms with E-state index in [0.717, 1.165) is 0 Å². The fourth-order valence-electron chi connectivity index (χ4n) is 3.58. The predicted octanol–water partition coefficient (Wildman–Crippen LogP) is 1.20. The molecule has 0 aliphatic carbocycles. The van der Waals surface area contributed by atoms with Gasteiger partial charge in [-0.25, -0.2) is 5.10 Å². The second kappa shape index (κ2) is 9.51. The number of nitrogens with one attached hydrogen (secondary N) is 1. The Hall–Kier alpha value is -3.23. The molecular weight excluding hydrogens is 390 g/mol. The third-order valence-electron chi connectivity index (χ3n) is 5.17. The van der Waals surface area contributed by atoms with Gasteiger partial charge < -0.3 is 14.4 Å². The topological polar surface area (TPSA) is 119 Å². The minimum atomic E-state index is -0.953. The number of aromatic amines is 1. The van der Waals surface area contributed by atoms with Crippen LogP contribution < -0.4 is 5.56 Å². The Labute approximate surface area is 173 Å². The van der Waals surface area contributed by atoms with Crippen LogP contribution in [0.1, 0.15) is 32.4 Å². The van der Waals surface area contributed by atoms with Gasteiger partial charge in [0, 0.05) is 18.5 Å². The maximum absolute atomic E-state index is 12.6. The highest BCUT2D eigenvalue weighted by atomic mass is 16.5. The maximum Gasteiger partial charge on any atom is 0.312 e. The van der Waals surface area contributed by atoms with E-state index in [1.54, 1.807) is 36.1 Å². The van der Waals surface area contributed by atoms with Gasteiger partial charge in [-0.05, 0) is 32.8 Å². The molecule has 0 radical (unpaired) electrons. The third-order valence-corrected chi connectivity index (χ3v) is 5.17. The number of esters is 2. The predicted molar refractivity (Wildman–Crippen MR) is 108 cm³/mol. The lowest BCUT2D eigenvalue weighted by atomic mass is 9.97. The van der Waals surface area contributed by atoms with E-state index < -0.39 is 12.1 Å². The van der Waals surface area contributed by atoms with Crippen LogP contribution in [0.15, 0.2) is 29.1 Å². The van der Waals surface area contributed by atoms with Crippen molar-refractivity contribution in [2.45, 2.75) is 39.2 Å². The van der Waals surface area contributed by atoms with E-state index >= 15 is 0 Å². The Balaban J connectivity index is 1.56. The number of aromatic nitrogens is 2. The minimum Gasteiger partial charge on any atom is -0.466 e. The van der Waals surface area contributed by atoms with E-state index in [9.17, 15) is 19.2 Å². The average Bonchev–Trinajstić information content (AvgIpc) is 2.75.